The highest BCUT2D eigenvalue weighted by Gasteiger charge is 2.43. The molecule has 6 rings (SSSR count). The zero-order chi connectivity index (χ0) is 49.5. The van der Waals surface area contributed by atoms with Crippen LogP contribution in [0.1, 0.15) is 140 Å². The number of halogens is 5. The van der Waals surface area contributed by atoms with Crippen molar-refractivity contribution >= 4 is 58.4 Å². The van der Waals surface area contributed by atoms with Crippen LogP contribution in [0.3, 0.4) is 0 Å². The van der Waals surface area contributed by atoms with Gasteiger partial charge >= 0.3 is 12.9 Å². The molecule has 2 fully saturated rings. The molecule has 0 unspecified atom stereocenters. The van der Waals surface area contributed by atoms with Crippen LogP contribution >= 0.6 is 11.6 Å². The maximum atomic E-state index is 13.6. The van der Waals surface area contributed by atoms with E-state index in [1.165, 1.54) is 28.4 Å². The smallest absolute Gasteiger partial charge is 0.315 e. The normalized spacial score (nSPS) is 18.1. The van der Waals surface area contributed by atoms with Crippen LogP contribution in [0.2, 0.25) is 5.02 Å². The Hall–Kier alpha value is -5.13. The molecule has 0 atom stereocenters. The van der Waals surface area contributed by atoms with E-state index >= 15 is 0 Å². The fraction of sp³-hybridized carbons (Fsp3) is 0.625. The topological polar surface area (TPSA) is 158 Å². The number of nitrogens with one attached hydrogen (secondary N) is 2. The van der Waals surface area contributed by atoms with Crippen molar-refractivity contribution < 1.29 is 55.8 Å². The first-order chi connectivity index (χ1) is 31.5. The molecule has 19 heteroatoms. The molecular weight excluding hydrogens is 900 g/mol. The molecule has 6 amide bonds. The molecule has 370 valence electrons. The van der Waals surface area contributed by atoms with Crippen molar-refractivity contribution in [1.82, 2.24) is 20.4 Å². The first-order valence-corrected chi connectivity index (χ1v) is 23.6. The van der Waals surface area contributed by atoms with Gasteiger partial charge in [-0.15, -0.1) is 0 Å². The van der Waals surface area contributed by atoms with E-state index in [2.05, 4.69) is 10.6 Å². The Bertz CT molecular complexity index is 2140. The van der Waals surface area contributed by atoms with E-state index in [-0.39, 0.29) is 78.7 Å². The lowest BCUT2D eigenvalue weighted by atomic mass is 9.92. The van der Waals surface area contributed by atoms with E-state index in [1.54, 1.807) is 45.9 Å². The number of carbonyl (C=O) groups is 6. The number of hydrogen-bond donors (Lipinski definition) is 2. The highest BCUT2D eigenvalue weighted by molar-refractivity contribution is 6.34. The summed E-state index contributed by atoms with van der Waals surface area (Å²) in [5, 5.41) is 4.44. The van der Waals surface area contributed by atoms with Crippen LogP contribution in [-0.2, 0) is 19.2 Å². The van der Waals surface area contributed by atoms with Gasteiger partial charge in [-0.05, 0) is 105 Å². The molecule has 2 aromatic carbocycles. The van der Waals surface area contributed by atoms with Crippen LogP contribution in [-0.4, -0.2) is 120 Å². The van der Waals surface area contributed by atoms with E-state index in [4.69, 9.17) is 21.1 Å². The molecule has 0 aromatic heterocycles. The van der Waals surface area contributed by atoms with E-state index in [9.17, 15) is 46.3 Å². The monoisotopic (exact) mass is 964 g/mol. The van der Waals surface area contributed by atoms with Crippen molar-refractivity contribution in [2.75, 3.05) is 36.0 Å². The first kappa shape index (κ1) is 52.8. The van der Waals surface area contributed by atoms with Gasteiger partial charge in [-0.2, -0.15) is 17.6 Å². The molecule has 0 saturated heterocycles. The predicted octanol–water partition coefficient (Wildman–Crippen LogP) is 8.16. The minimum absolute atomic E-state index is 0.0223. The summed E-state index contributed by atoms with van der Waals surface area (Å²) >= 11 is 6.53. The second kappa shape index (κ2) is 22.3. The molecule has 14 nitrogen and oxygen atoms in total. The minimum atomic E-state index is -3.14. The molecule has 2 aliphatic carbocycles. The van der Waals surface area contributed by atoms with Crippen LogP contribution in [0.4, 0.5) is 28.9 Å². The summed E-state index contributed by atoms with van der Waals surface area (Å²) in [6.07, 6.45) is 4.20. The molecule has 2 N–H and O–H groups in total. The highest BCUT2D eigenvalue weighted by Crippen LogP contribution is 2.42. The second-order valence-electron chi connectivity index (χ2n) is 19.0. The standard InChI is InChI=1S/C24H32ClF2N3O4.C24H33F2N3O4/c1-14(2)30(15-8-6-5-7-9-15)22(32)16-12-18-19(13-17(16)25)34-24(3,4)23(33)29(18)11-10-28-21(31)20(26)27;1-15(2)29(17-8-6-5-7-9-17)22(31)16-10-11-19-18(14-16)28(23(32)24(3,4)33-19)13-12-27-21(30)20(25)26/h12-15,20H,5-11H2,1-4H3,(H,28,31);10-11,14-15,17,20H,5-9,12-13H2,1-4H3,(H,27,30). The van der Waals surface area contributed by atoms with Gasteiger partial charge in [-0.1, -0.05) is 50.1 Å². The maximum absolute atomic E-state index is 13.6. The molecular formula is C48H65ClF4N6O8. The first-order valence-electron chi connectivity index (χ1n) is 23.2. The van der Waals surface area contributed by atoms with Crippen molar-refractivity contribution in [1.29, 1.82) is 0 Å². The molecule has 2 aromatic rings. The van der Waals surface area contributed by atoms with Crippen LogP contribution in [0, 0.1) is 0 Å². The third-order valence-corrected chi connectivity index (χ3v) is 12.8. The largest absolute Gasteiger partial charge is 0.476 e. The van der Waals surface area contributed by atoms with Crippen LogP contribution in [0.15, 0.2) is 30.3 Å². The molecule has 2 heterocycles. The minimum Gasteiger partial charge on any atom is -0.476 e. The molecule has 0 radical (unpaired) electrons. The Morgan fingerprint density at radius 1 is 0.657 bits per heavy atom. The van der Waals surface area contributed by atoms with Crippen molar-refractivity contribution in [2.45, 2.75) is 168 Å². The van der Waals surface area contributed by atoms with Crippen molar-refractivity contribution in [2.24, 2.45) is 0 Å². The molecule has 2 saturated carbocycles. The molecule has 0 spiro atoms. The van der Waals surface area contributed by atoms with E-state index in [1.807, 2.05) is 37.5 Å². The number of ether oxygens (including phenoxy) is 2. The number of anilines is 2. The van der Waals surface area contributed by atoms with Gasteiger partial charge < -0.3 is 39.7 Å². The number of carbonyl (C=O) groups excluding carboxylic acids is 6. The second-order valence-corrected chi connectivity index (χ2v) is 19.4. The zero-order valence-corrected chi connectivity index (χ0v) is 40.5. The van der Waals surface area contributed by atoms with Crippen LogP contribution < -0.4 is 29.9 Å². The van der Waals surface area contributed by atoms with Gasteiger partial charge in [0.15, 0.2) is 11.2 Å². The van der Waals surface area contributed by atoms with Gasteiger partial charge in [0.05, 0.1) is 22.0 Å². The molecule has 67 heavy (non-hydrogen) atoms. The van der Waals surface area contributed by atoms with Gasteiger partial charge in [0.2, 0.25) is 0 Å². The van der Waals surface area contributed by atoms with Gasteiger partial charge in [0.25, 0.3) is 35.4 Å². The number of nitrogens with zero attached hydrogens (tertiary/aromatic N) is 4. The number of fused-ring (bicyclic) bond motifs is 2. The quantitative estimate of drug-likeness (QED) is 0.180. The molecule has 4 aliphatic rings. The summed E-state index contributed by atoms with van der Waals surface area (Å²) in [6.45, 7) is 13.9. The van der Waals surface area contributed by atoms with E-state index in [0.29, 0.717) is 28.4 Å². The summed E-state index contributed by atoms with van der Waals surface area (Å²) in [5.41, 5.74) is -1.01. The Balaban J connectivity index is 0.000000251. The Kier molecular flexibility index (Phi) is 17.6. The third-order valence-electron chi connectivity index (χ3n) is 12.5. The Labute approximate surface area is 395 Å². The summed E-state index contributed by atoms with van der Waals surface area (Å²) in [4.78, 5) is 82.3. The fourth-order valence-electron chi connectivity index (χ4n) is 9.28. The maximum Gasteiger partial charge on any atom is 0.315 e. The average molecular weight is 966 g/mol. The highest BCUT2D eigenvalue weighted by atomic mass is 35.5. The summed E-state index contributed by atoms with van der Waals surface area (Å²) in [7, 11) is 0. The summed E-state index contributed by atoms with van der Waals surface area (Å²) in [5.74, 6) is -3.20. The number of alkyl halides is 4. The number of benzene rings is 2. The van der Waals surface area contributed by atoms with Crippen molar-refractivity contribution in [3.8, 4) is 11.5 Å². The number of hydrogen-bond acceptors (Lipinski definition) is 8. The SMILES string of the molecule is CC(C)N(C(=O)c1cc2c(cc1Cl)OC(C)(C)C(=O)N2CCNC(=O)C(F)F)C1CCCCC1.CC(C)N(C(=O)c1ccc2c(c1)N(CCNC(=O)C(F)F)C(=O)C(C)(C)O2)C1CCCCC1. The van der Waals surface area contributed by atoms with Crippen LogP contribution in [0.25, 0.3) is 0 Å². The van der Waals surface area contributed by atoms with Gasteiger partial charge in [0.1, 0.15) is 11.5 Å². The Morgan fingerprint density at radius 2 is 1.07 bits per heavy atom. The van der Waals surface area contributed by atoms with Gasteiger partial charge in [0, 0.05) is 62.0 Å². The van der Waals surface area contributed by atoms with E-state index < -0.39 is 41.8 Å². The summed E-state index contributed by atoms with van der Waals surface area (Å²) < 4.78 is 61.8. The average Bonchev–Trinajstić information content (AvgIpc) is 3.26. The predicted molar refractivity (Wildman–Crippen MR) is 246 cm³/mol. The molecule has 0 bridgehead atoms. The lowest BCUT2D eigenvalue weighted by Gasteiger charge is -2.40. The van der Waals surface area contributed by atoms with Gasteiger partial charge in [-0.25, -0.2) is 0 Å². The fourth-order valence-corrected chi connectivity index (χ4v) is 9.52. The summed E-state index contributed by atoms with van der Waals surface area (Å²) in [6, 6.07) is 8.31. The third kappa shape index (κ3) is 12.5. The lowest BCUT2D eigenvalue weighted by molar-refractivity contribution is -0.133. The van der Waals surface area contributed by atoms with Crippen LogP contribution in [0.5, 0.6) is 11.5 Å². The number of rotatable bonds is 14. The van der Waals surface area contributed by atoms with E-state index in [0.717, 1.165) is 57.8 Å². The van der Waals surface area contributed by atoms with Gasteiger partial charge in [-0.3, -0.25) is 28.8 Å². The van der Waals surface area contributed by atoms with Crippen molar-refractivity contribution in [3.05, 3.63) is 46.5 Å². The number of amides is 6. The zero-order valence-electron chi connectivity index (χ0n) is 39.7. The Morgan fingerprint density at radius 3 is 1.51 bits per heavy atom. The lowest BCUT2D eigenvalue weighted by Crippen LogP contribution is -2.54. The molecule has 2 aliphatic heterocycles. The van der Waals surface area contributed by atoms with Crippen molar-refractivity contribution in [3.63, 3.8) is 0 Å².